The molecule has 0 aromatic carbocycles. The highest BCUT2D eigenvalue weighted by Crippen LogP contribution is 2.53. The molecule has 4 aliphatic heterocycles. The zero-order valence-electron chi connectivity index (χ0n) is 13.8. The molecule has 0 spiro atoms. The molecule has 20 heavy (non-hydrogen) atoms. The molecule has 6 fully saturated rings. The molecule has 0 aromatic rings. The normalized spacial score (nSPS) is 48.6. The van der Waals surface area contributed by atoms with E-state index in [0.29, 0.717) is 17.6 Å². The van der Waals surface area contributed by atoms with Crippen LogP contribution in [0.25, 0.3) is 0 Å². The summed E-state index contributed by atoms with van der Waals surface area (Å²) >= 11 is 0. The fourth-order valence-electron chi connectivity index (χ4n) is 5.27. The van der Waals surface area contributed by atoms with E-state index in [9.17, 15) is 0 Å². The topological polar surface area (TPSA) is 18.5 Å². The van der Waals surface area contributed by atoms with Crippen molar-refractivity contribution in [3.05, 3.63) is 0 Å². The molecular formula is C18H32O2. The molecule has 0 amide bonds. The van der Waals surface area contributed by atoms with Crippen LogP contribution in [0, 0.1) is 17.3 Å². The second-order valence-corrected chi connectivity index (χ2v) is 8.56. The molecule has 4 heterocycles. The summed E-state index contributed by atoms with van der Waals surface area (Å²) in [5, 5.41) is 0. The third-order valence-corrected chi connectivity index (χ3v) is 6.22. The van der Waals surface area contributed by atoms with Crippen LogP contribution < -0.4 is 0 Å². The van der Waals surface area contributed by atoms with Gasteiger partial charge in [0.2, 0.25) is 0 Å². The Bertz CT molecular complexity index is 318. The van der Waals surface area contributed by atoms with Crippen LogP contribution in [-0.2, 0) is 9.47 Å². The van der Waals surface area contributed by atoms with Crippen molar-refractivity contribution in [1.82, 2.24) is 0 Å². The first-order valence-electron chi connectivity index (χ1n) is 8.67. The van der Waals surface area contributed by atoms with Gasteiger partial charge in [0.05, 0.1) is 17.8 Å². The molecular weight excluding hydrogens is 248 g/mol. The van der Waals surface area contributed by atoms with Crippen LogP contribution in [0.1, 0.15) is 72.6 Å². The maximum atomic E-state index is 6.01. The summed E-state index contributed by atoms with van der Waals surface area (Å²) in [5.41, 5.74) is 0.697. The van der Waals surface area contributed by atoms with Crippen LogP contribution in [0.4, 0.5) is 0 Å². The van der Waals surface area contributed by atoms with Gasteiger partial charge < -0.3 is 9.47 Å². The second kappa shape index (κ2) is 5.28. The van der Waals surface area contributed by atoms with Gasteiger partial charge in [0.25, 0.3) is 0 Å². The van der Waals surface area contributed by atoms with E-state index in [1.54, 1.807) is 0 Å². The molecule has 6 rings (SSSR count). The summed E-state index contributed by atoms with van der Waals surface area (Å²) in [5.74, 6) is 1.72. The number of hydrogen-bond acceptors (Lipinski definition) is 2. The van der Waals surface area contributed by atoms with Gasteiger partial charge in [-0.3, -0.25) is 0 Å². The van der Waals surface area contributed by atoms with Crippen LogP contribution >= 0.6 is 0 Å². The molecule has 0 radical (unpaired) electrons. The van der Waals surface area contributed by atoms with Crippen molar-refractivity contribution in [2.24, 2.45) is 17.3 Å². The predicted molar refractivity (Wildman–Crippen MR) is 81.8 cm³/mol. The van der Waals surface area contributed by atoms with E-state index < -0.39 is 0 Å². The first-order valence-corrected chi connectivity index (χ1v) is 8.67. The molecule has 4 saturated heterocycles. The maximum absolute atomic E-state index is 6.01. The van der Waals surface area contributed by atoms with Gasteiger partial charge in [-0.25, -0.2) is 0 Å². The highest BCUT2D eigenvalue weighted by atomic mass is 16.5. The molecule has 2 saturated carbocycles. The molecule has 6 aliphatic rings. The van der Waals surface area contributed by atoms with Gasteiger partial charge in [0.1, 0.15) is 0 Å². The average molecular weight is 280 g/mol. The summed E-state index contributed by atoms with van der Waals surface area (Å²) in [7, 11) is 0. The Kier molecular flexibility index (Phi) is 3.92. The van der Waals surface area contributed by atoms with E-state index >= 15 is 0 Å². The Balaban J connectivity index is 0.000000131. The molecule has 0 aromatic heterocycles. The standard InChI is InChI=1S/C11H20O.C7H12O/c1-8-9-5-6-11(4,12-8)7-10(9,2)3;1-3-7-4-2-6(1)5-8-7/h8-9H,5-7H2,1-4H3;6-7H,1-5H2. The number of rotatable bonds is 0. The quantitative estimate of drug-likeness (QED) is 0.647. The van der Waals surface area contributed by atoms with Crippen LogP contribution in [0.3, 0.4) is 0 Å². The number of ether oxygens (including phenoxy) is 2. The second-order valence-electron chi connectivity index (χ2n) is 8.56. The van der Waals surface area contributed by atoms with E-state index in [1.807, 2.05) is 0 Å². The van der Waals surface area contributed by atoms with Gasteiger partial charge in [0, 0.05) is 6.61 Å². The Morgan fingerprint density at radius 1 is 0.950 bits per heavy atom. The molecule has 4 bridgehead atoms. The number of hydrogen-bond donors (Lipinski definition) is 0. The minimum absolute atomic E-state index is 0.192. The third-order valence-electron chi connectivity index (χ3n) is 6.22. The lowest BCUT2D eigenvalue weighted by Gasteiger charge is -2.56. The summed E-state index contributed by atoms with van der Waals surface area (Å²) < 4.78 is 11.5. The number of fused-ring (bicyclic) bond motifs is 6. The molecule has 2 heteroatoms. The highest BCUT2D eigenvalue weighted by Gasteiger charge is 2.51. The molecule has 2 nitrogen and oxygen atoms in total. The average Bonchev–Trinajstić information content (AvgIpc) is 2.39. The Hall–Kier alpha value is -0.0800. The molecule has 2 aliphatic carbocycles. The molecule has 0 N–H and O–H groups in total. The van der Waals surface area contributed by atoms with Gasteiger partial charge >= 0.3 is 0 Å². The van der Waals surface area contributed by atoms with E-state index in [0.717, 1.165) is 18.4 Å². The summed E-state index contributed by atoms with van der Waals surface area (Å²) in [6.45, 7) is 10.4. The minimum atomic E-state index is 0.192. The lowest BCUT2D eigenvalue weighted by molar-refractivity contribution is -0.222. The fourth-order valence-corrected chi connectivity index (χ4v) is 5.27. The largest absolute Gasteiger partial charge is 0.378 e. The maximum Gasteiger partial charge on any atom is 0.0663 e. The first kappa shape index (κ1) is 14.8. The SMILES string of the molecule is C1CC2CCC1CO2.CC1OC2(C)CCC1C(C)(C)C2. The van der Waals surface area contributed by atoms with Crippen LogP contribution in [0.15, 0.2) is 0 Å². The molecule has 3 atom stereocenters. The van der Waals surface area contributed by atoms with Gasteiger partial charge in [-0.2, -0.15) is 0 Å². The van der Waals surface area contributed by atoms with Crippen molar-refractivity contribution in [3.8, 4) is 0 Å². The van der Waals surface area contributed by atoms with Crippen molar-refractivity contribution < 1.29 is 9.47 Å². The molecule has 116 valence electrons. The Labute approximate surface area is 124 Å². The third kappa shape index (κ3) is 2.92. The summed E-state index contributed by atoms with van der Waals surface area (Å²) in [6.07, 6.45) is 10.6. The van der Waals surface area contributed by atoms with Crippen molar-refractivity contribution in [1.29, 1.82) is 0 Å². The monoisotopic (exact) mass is 280 g/mol. The first-order chi connectivity index (χ1) is 9.38. The zero-order valence-corrected chi connectivity index (χ0v) is 13.8. The fraction of sp³-hybridized carbons (Fsp3) is 1.00. The van der Waals surface area contributed by atoms with E-state index in [2.05, 4.69) is 27.7 Å². The van der Waals surface area contributed by atoms with E-state index in [4.69, 9.17) is 9.47 Å². The van der Waals surface area contributed by atoms with E-state index in [-0.39, 0.29) is 5.60 Å². The van der Waals surface area contributed by atoms with Crippen LogP contribution in [0.2, 0.25) is 0 Å². The van der Waals surface area contributed by atoms with Gasteiger partial charge in [-0.15, -0.1) is 0 Å². The minimum Gasteiger partial charge on any atom is -0.378 e. The lowest BCUT2D eigenvalue weighted by Crippen LogP contribution is -2.55. The van der Waals surface area contributed by atoms with E-state index in [1.165, 1.54) is 44.9 Å². The smallest absolute Gasteiger partial charge is 0.0663 e. The predicted octanol–water partition coefficient (Wildman–Crippen LogP) is 4.57. The van der Waals surface area contributed by atoms with Crippen LogP contribution in [-0.4, -0.2) is 24.4 Å². The molecule has 3 unspecified atom stereocenters. The van der Waals surface area contributed by atoms with Gasteiger partial charge in [0.15, 0.2) is 0 Å². The Morgan fingerprint density at radius 2 is 1.65 bits per heavy atom. The Morgan fingerprint density at radius 3 is 1.95 bits per heavy atom. The lowest BCUT2D eigenvalue weighted by atomic mass is 9.59. The van der Waals surface area contributed by atoms with Crippen LogP contribution in [0.5, 0.6) is 0 Å². The zero-order chi connectivity index (χ0) is 14.4. The summed E-state index contributed by atoms with van der Waals surface area (Å²) in [6, 6.07) is 0. The van der Waals surface area contributed by atoms with Crippen molar-refractivity contribution >= 4 is 0 Å². The summed E-state index contributed by atoms with van der Waals surface area (Å²) in [4.78, 5) is 0. The van der Waals surface area contributed by atoms with Crippen molar-refractivity contribution in [2.45, 2.75) is 90.4 Å². The van der Waals surface area contributed by atoms with Gasteiger partial charge in [-0.1, -0.05) is 13.8 Å². The van der Waals surface area contributed by atoms with Crippen molar-refractivity contribution in [2.75, 3.05) is 6.61 Å². The van der Waals surface area contributed by atoms with Gasteiger partial charge in [-0.05, 0) is 76.0 Å². The van der Waals surface area contributed by atoms with Crippen molar-refractivity contribution in [3.63, 3.8) is 0 Å². The highest BCUT2D eigenvalue weighted by molar-refractivity contribution is 5.00.